The number of rotatable bonds is 8. The smallest absolute Gasteiger partial charge is 0.308 e. The molecule has 0 saturated carbocycles. The third-order valence-corrected chi connectivity index (χ3v) is 2.80. The molecule has 0 saturated heterocycles. The summed E-state index contributed by atoms with van der Waals surface area (Å²) in [5.41, 5.74) is -1.71. The Balaban J connectivity index is 4.95. The molecular weight excluding hydrogens is 254 g/mol. The molecule has 0 aliphatic carbocycles. The number of carboxylic acid groups (broad SMARTS) is 2. The summed E-state index contributed by atoms with van der Waals surface area (Å²) in [6.45, 7) is 1.36. The van der Waals surface area contributed by atoms with Crippen molar-refractivity contribution in [2.75, 3.05) is 27.7 Å². The van der Waals surface area contributed by atoms with Crippen LogP contribution in [0.3, 0.4) is 0 Å². The third-order valence-electron chi connectivity index (χ3n) is 2.80. The summed E-state index contributed by atoms with van der Waals surface area (Å²) in [6.07, 6.45) is -2.30. The molecule has 3 unspecified atom stereocenters. The van der Waals surface area contributed by atoms with Crippen molar-refractivity contribution in [3.05, 3.63) is 0 Å². The van der Waals surface area contributed by atoms with E-state index in [1.807, 2.05) is 0 Å². The first-order valence-corrected chi connectivity index (χ1v) is 6.00. The molecular formula is C12H23NO6. The molecule has 0 aromatic carbocycles. The molecule has 3 N–H and O–H groups in total. The number of aliphatic hydroxyl groups excluding tert-OH is 1. The predicted molar refractivity (Wildman–Crippen MR) is 64.9 cm³/mol. The van der Waals surface area contributed by atoms with E-state index in [-0.39, 0.29) is 17.4 Å². The van der Waals surface area contributed by atoms with Crippen molar-refractivity contribution in [1.29, 1.82) is 0 Å². The van der Waals surface area contributed by atoms with Crippen LogP contribution in [-0.4, -0.2) is 71.1 Å². The molecule has 0 fully saturated rings. The van der Waals surface area contributed by atoms with E-state index in [4.69, 9.17) is 5.11 Å². The number of aliphatic hydroxyl groups is 2. The summed E-state index contributed by atoms with van der Waals surface area (Å²) in [5.74, 6) is -3.72. The van der Waals surface area contributed by atoms with Gasteiger partial charge in [-0.3, -0.25) is 4.79 Å². The maximum Gasteiger partial charge on any atom is 0.308 e. The Morgan fingerprint density at radius 3 is 2.11 bits per heavy atom. The molecule has 0 aliphatic heterocycles. The molecule has 0 aromatic heterocycles. The van der Waals surface area contributed by atoms with Crippen molar-refractivity contribution in [3.63, 3.8) is 0 Å². The quantitative estimate of drug-likeness (QED) is 0.443. The normalized spacial score (nSPS) is 18.4. The highest BCUT2D eigenvalue weighted by molar-refractivity contribution is 5.70. The highest BCUT2D eigenvalue weighted by Crippen LogP contribution is 2.23. The minimum Gasteiger partial charge on any atom is -0.550 e. The number of hydrogen-bond acceptors (Lipinski definition) is 5. The molecule has 0 amide bonds. The number of aliphatic carboxylic acids is 2. The van der Waals surface area contributed by atoms with Crippen molar-refractivity contribution in [3.8, 4) is 0 Å². The van der Waals surface area contributed by atoms with Crippen molar-refractivity contribution >= 4 is 11.9 Å². The fraction of sp³-hybridized carbons (Fsp3) is 0.833. The van der Waals surface area contributed by atoms with Crippen molar-refractivity contribution < 1.29 is 34.5 Å². The Labute approximate surface area is 112 Å². The second-order valence-electron chi connectivity index (χ2n) is 6.12. The topological polar surface area (TPSA) is 118 Å². The number of nitrogens with zero attached hydrogens (tertiary/aromatic N) is 1. The van der Waals surface area contributed by atoms with Gasteiger partial charge in [0.15, 0.2) is 0 Å². The first-order valence-electron chi connectivity index (χ1n) is 6.00. The number of carboxylic acids is 2. The van der Waals surface area contributed by atoms with Gasteiger partial charge in [-0.05, 0) is 6.92 Å². The van der Waals surface area contributed by atoms with E-state index in [2.05, 4.69) is 0 Å². The number of carbonyl (C=O) groups is 2. The third kappa shape index (κ3) is 7.09. The minimum atomic E-state index is -1.71. The Kier molecular flexibility index (Phi) is 5.92. The van der Waals surface area contributed by atoms with Crippen LogP contribution in [0.25, 0.3) is 0 Å². The van der Waals surface area contributed by atoms with Gasteiger partial charge in [0.2, 0.25) is 0 Å². The molecule has 0 heterocycles. The summed E-state index contributed by atoms with van der Waals surface area (Å²) in [5, 5.41) is 39.6. The second-order valence-corrected chi connectivity index (χ2v) is 6.12. The fourth-order valence-electron chi connectivity index (χ4n) is 2.07. The average molecular weight is 277 g/mol. The van der Waals surface area contributed by atoms with E-state index >= 15 is 0 Å². The van der Waals surface area contributed by atoms with E-state index in [1.54, 1.807) is 21.1 Å². The number of quaternary nitrogens is 1. The van der Waals surface area contributed by atoms with Gasteiger partial charge < -0.3 is 29.7 Å². The molecule has 19 heavy (non-hydrogen) atoms. The van der Waals surface area contributed by atoms with Gasteiger partial charge in [0.25, 0.3) is 0 Å². The van der Waals surface area contributed by atoms with E-state index < -0.39 is 36.0 Å². The Morgan fingerprint density at radius 2 is 1.79 bits per heavy atom. The van der Waals surface area contributed by atoms with Gasteiger partial charge >= 0.3 is 5.97 Å². The fourth-order valence-corrected chi connectivity index (χ4v) is 2.07. The maximum absolute atomic E-state index is 10.8. The van der Waals surface area contributed by atoms with E-state index in [1.165, 1.54) is 6.92 Å². The van der Waals surface area contributed by atoms with Gasteiger partial charge in [-0.25, -0.2) is 0 Å². The molecule has 112 valence electrons. The maximum atomic E-state index is 10.8. The van der Waals surface area contributed by atoms with Crippen LogP contribution in [0.2, 0.25) is 0 Å². The van der Waals surface area contributed by atoms with Crippen LogP contribution in [0.15, 0.2) is 0 Å². The van der Waals surface area contributed by atoms with Crippen molar-refractivity contribution in [2.45, 2.75) is 31.5 Å². The highest BCUT2D eigenvalue weighted by atomic mass is 16.4. The average Bonchev–Trinajstić information content (AvgIpc) is 2.10. The molecule has 0 radical (unpaired) electrons. The zero-order valence-corrected chi connectivity index (χ0v) is 11.8. The van der Waals surface area contributed by atoms with Crippen molar-refractivity contribution in [2.24, 2.45) is 5.92 Å². The SMILES string of the molecule is CC(C(=O)O)C(O)CC(O)(CC(=O)[O-])C[N+](C)(C)C. The summed E-state index contributed by atoms with van der Waals surface area (Å²) in [6, 6.07) is 0. The zero-order chi connectivity index (χ0) is 15.4. The summed E-state index contributed by atoms with van der Waals surface area (Å²) in [4.78, 5) is 21.5. The standard InChI is InChI=1S/C12H23NO6/c1-8(11(17)18)9(14)5-12(19,6-10(15)16)7-13(2,3)4/h8-9,14,19H,5-7H2,1-4H3,(H-,15,16,17,18). The molecule has 0 rings (SSSR count). The zero-order valence-electron chi connectivity index (χ0n) is 11.8. The van der Waals surface area contributed by atoms with E-state index in [9.17, 15) is 24.9 Å². The second kappa shape index (κ2) is 6.31. The minimum absolute atomic E-state index is 0.0599. The Bertz CT molecular complexity index is 338. The van der Waals surface area contributed by atoms with Crippen LogP contribution in [0, 0.1) is 5.92 Å². The van der Waals surface area contributed by atoms with Crippen molar-refractivity contribution in [1.82, 2.24) is 0 Å². The molecule has 3 atom stereocenters. The lowest BCUT2D eigenvalue weighted by Crippen LogP contribution is -2.53. The van der Waals surface area contributed by atoms with Crippen LogP contribution in [-0.2, 0) is 9.59 Å². The van der Waals surface area contributed by atoms with Gasteiger partial charge in [-0.15, -0.1) is 0 Å². The monoisotopic (exact) mass is 277 g/mol. The molecule has 0 aromatic rings. The molecule has 7 nitrogen and oxygen atoms in total. The first kappa shape index (κ1) is 17.8. The lowest BCUT2D eigenvalue weighted by Gasteiger charge is -2.37. The number of hydrogen-bond donors (Lipinski definition) is 3. The molecule has 0 spiro atoms. The summed E-state index contributed by atoms with van der Waals surface area (Å²) >= 11 is 0. The lowest BCUT2D eigenvalue weighted by molar-refractivity contribution is -0.877. The van der Waals surface area contributed by atoms with Gasteiger partial charge in [-0.1, -0.05) is 0 Å². The number of likely N-dealkylation sites (N-methyl/N-ethyl adjacent to an activating group) is 1. The largest absolute Gasteiger partial charge is 0.550 e. The van der Waals surface area contributed by atoms with Crippen LogP contribution in [0.4, 0.5) is 0 Å². The van der Waals surface area contributed by atoms with Gasteiger partial charge in [0.05, 0.1) is 33.2 Å². The van der Waals surface area contributed by atoms with Crippen LogP contribution >= 0.6 is 0 Å². The molecule has 7 heteroatoms. The predicted octanol–water partition coefficient (Wildman–Crippen LogP) is -1.96. The highest BCUT2D eigenvalue weighted by Gasteiger charge is 2.38. The van der Waals surface area contributed by atoms with E-state index in [0.29, 0.717) is 0 Å². The van der Waals surface area contributed by atoms with E-state index in [0.717, 1.165) is 0 Å². The van der Waals surface area contributed by atoms with Gasteiger partial charge in [-0.2, -0.15) is 0 Å². The van der Waals surface area contributed by atoms with Gasteiger partial charge in [0.1, 0.15) is 12.1 Å². The van der Waals surface area contributed by atoms with Crippen LogP contribution in [0.5, 0.6) is 0 Å². The van der Waals surface area contributed by atoms with Gasteiger partial charge in [0, 0.05) is 18.8 Å². The summed E-state index contributed by atoms with van der Waals surface area (Å²) in [7, 11) is 5.27. The first-order chi connectivity index (χ1) is 8.36. The molecule has 0 aliphatic rings. The van der Waals surface area contributed by atoms with Crippen LogP contribution < -0.4 is 5.11 Å². The number of carbonyl (C=O) groups excluding carboxylic acids is 1. The Hall–Kier alpha value is -1.18. The lowest BCUT2D eigenvalue weighted by atomic mass is 9.87. The summed E-state index contributed by atoms with van der Waals surface area (Å²) < 4.78 is 0.276. The Morgan fingerprint density at radius 1 is 1.32 bits per heavy atom. The van der Waals surface area contributed by atoms with Crippen LogP contribution in [0.1, 0.15) is 19.8 Å². The molecule has 0 bridgehead atoms.